The van der Waals surface area contributed by atoms with Crippen LogP contribution in [0.1, 0.15) is 54.4 Å². The fraction of sp³-hybridized carbons (Fsp3) is 0.562. The molecule has 3 unspecified atom stereocenters. The maximum absolute atomic E-state index is 13.7. The highest BCUT2D eigenvalue weighted by atomic mass is 32.2. The molecule has 4 nitrogen and oxygen atoms in total. The van der Waals surface area contributed by atoms with Crippen LogP contribution in [0.15, 0.2) is 81.4 Å². The fourth-order valence-electron chi connectivity index (χ4n) is 4.47. The Kier molecular flexibility index (Phi) is 10.8. The molecule has 0 radical (unpaired) electrons. The third-order valence-electron chi connectivity index (χ3n) is 8.97. The Labute approximate surface area is 250 Å². The van der Waals surface area contributed by atoms with E-state index in [1.54, 1.807) is 0 Å². The van der Waals surface area contributed by atoms with E-state index in [1.165, 1.54) is 0 Å². The van der Waals surface area contributed by atoms with Crippen LogP contribution < -0.4 is 0 Å². The molecule has 222 valence electrons. The van der Waals surface area contributed by atoms with Crippen molar-refractivity contribution in [2.75, 3.05) is 5.75 Å². The summed E-state index contributed by atoms with van der Waals surface area (Å²) < 4.78 is 41.4. The first-order chi connectivity index (χ1) is 18.4. The van der Waals surface area contributed by atoms with Crippen LogP contribution in [-0.2, 0) is 30.5 Å². The molecule has 0 aliphatic heterocycles. The van der Waals surface area contributed by atoms with Gasteiger partial charge in [-0.2, -0.15) is 0 Å². The second-order valence-electron chi connectivity index (χ2n) is 14.1. The van der Waals surface area contributed by atoms with Gasteiger partial charge in [0.2, 0.25) is 0 Å². The Balaban J connectivity index is 2.08. The van der Waals surface area contributed by atoms with Gasteiger partial charge < -0.3 is 8.85 Å². The normalized spacial score (nSPS) is 23.6. The van der Waals surface area contributed by atoms with Crippen molar-refractivity contribution >= 4 is 38.2 Å². The van der Waals surface area contributed by atoms with Crippen LogP contribution in [0, 0.1) is 5.92 Å². The Morgan fingerprint density at radius 1 is 0.775 bits per heavy atom. The number of rotatable bonds is 9. The summed E-state index contributed by atoms with van der Waals surface area (Å²) in [6, 6.07) is 19.2. The molecule has 0 N–H and O–H groups in total. The molecule has 1 aliphatic rings. The minimum absolute atomic E-state index is 0.0279. The Morgan fingerprint density at radius 3 is 1.75 bits per heavy atom. The molecule has 8 heteroatoms. The third-order valence-corrected chi connectivity index (χ3v) is 20.7. The average Bonchev–Trinajstić information content (AvgIpc) is 2.85. The second kappa shape index (κ2) is 13.0. The van der Waals surface area contributed by atoms with Crippen LogP contribution in [0.4, 0.5) is 0 Å². The molecule has 40 heavy (non-hydrogen) atoms. The largest absolute Gasteiger partial charge is 0.414 e. The molecule has 1 aliphatic carbocycles. The van der Waals surface area contributed by atoms with Gasteiger partial charge in [-0.15, -0.1) is 0 Å². The minimum Gasteiger partial charge on any atom is -0.414 e. The van der Waals surface area contributed by atoms with Crippen molar-refractivity contribution in [3.63, 3.8) is 0 Å². The molecule has 2 aromatic carbocycles. The number of hydrogen-bond acceptors (Lipinski definition) is 4. The maximum Gasteiger partial charge on any atom is 0.192 e. The predicted octanol–water partition coefficient (Wildman–Crippen LogP) is 8.68. The van der Waals surface area contributed by atoms with Gasteiger partial charge in [-0.3, -0.25) is 4.21 Å². The summed E-state index contributed by atoms with van der Waals surface area (Å²) >= 11 is 0. The van der Waals surface area contributed by atoms with Crippen LogP contribution in [0.5, 0.6) is 0 Å². The summed E-state index contributed by atoms with van der Waals surface area (Å²) in [5.74, 6) is 0.329. The van der Waals surface area contributed by atoms with Crippen LogP contribution in [-0.4, -0.2) is 43.0 Å². The molecule has 1 fully saturated rings. The van der Waals surface area contributed by atoms with Crippen molar-refractivity contribution in [2.24, 2.45) is 5.92 Å². The zero-order valence-corrected chi connectivity index (χ0v) is 29.8. The summed E-state index contributed by atoms with van der Waals surface area (Å²) in [4.78, 5) is 1.59. The summed E-state index contributed by atoms with van der Waals surface area (Å²) in [5, 5.41) is 2.01. The second-order valence-corrected chi connectivity index (χ2v) is 26.4. The monoisotopic (exact) mass is 618 g/mol. The topological polar surface area (TPSA) is 52.6 Å². The molecule has 1 saturated carbocycles. The van der Waals surface area contributed by atoms with Gasteiger partial charge in [-0.25, -0.2) is 4.21 Å². The summed E-state index contributed by atoms with van der Waals surface area (Å²) in [7, 11) is -6.77. The SMILES string of the molecule is CC(C)(C)[Si](C)(C)O[C@@H]1C/C(=C\S(=O)c2ccccc2)C(CS(=O)c2ccccc2)[C@@H](O[Si](C)(C)C(C)(C)C)C1. The lowest BCUT2D eigenvalue weighted by atomic mass is 9.82. The third kappa shape index (κ3) is 8.45. The summed E-state index contributed by atoms with van der Waals surface area (Å²) in [6.45, 7) is 22.7. The average molecular weight is 619 g/mol. The molecule has 2 aromatic rings. The predicted molar refractivity (Wildman–Crippen MR) is 176 cm³/mol. The van der Waals surface area contributed by atoms with E-state index < -0.39 is 38.2 Å². The van der Waals surface area contributed by atoms with Gasteiger partial charge in [0.05, 0.1) is 33.8 Å². The highest BCUT2D eigenvalue weighted by Crippen LogP contribution is 2.45. The van der Waals surface area contributed by atoms with E-state index in [9.17, 15) is 8.42 Å². The smallest absolute Gasteiger partial charge is 0.192 e. The van der Waals surface area contributed by atoms with Gasteiger partial charge in [0.1, 0.15) is 0 Å². The van der Waals surface area contributed by atoms with Crippen molar-refractivity contribution in [1.82, 2.24) is 0 Å². The Morgan fingerprint density at radius 2 is 1.25 bits per heavy atom. The summed E-state index contributed by atoms with van der Waals surface area (Å²) in [5.41, 5.74) is 1.05. The standard InChI is InChI=1S/C32H50O4S2Si2/c1-31(2,3)39(7,8)35-26-21-25(23-37(33)27-17-13-11-14-18-27)29(24-38(34)28-19-15-12-16-20-28)30(22-26)36-40(9,10)32(4,5)6/h11-20,23,26,29-30H,21-22,24H2,1-10H3/b25-23+/t26-,29?,30+,37?,38?/m1/s1. The lowest BCUT2D eigenvalue weighted by molar-refractivity contribution is 0.0466. The first kappa shape index (κ1) is 33.3. The maximum atomic E-state index is 13.7. The molecule has 5 atom stereocenters. The molecule has 0 heterocycles. The number of hydrogen-bond donors (Lipinski definition) is 0. The van der Waals surface area contributed by atoms with E-state index in [4.69, 9.17) is 8.85 Å². The van der Waals surface area contributed by atoms with E-state index in [1.807, 2.05) is 66.1 Å². The van der Waals surface area contributed by atoms with Crippen molar-refractivity contribution < 1.29 is 17.3 Å². The van der Waals surface area contributed by atoms with E-state index in [2.05, 4.69) is 67.7 Å². The zero-order valence-electron chi connectivity index (χ0n) is 26.2. The van der Waals surface area contributed by atoms with Crippen molar-refractivity contribution in [3.8, 4) is 0 Å². The van der Waals surface area contributed by atoms with Gasteiger partial charge in [-0.05, 0) is 73.4 Å². The van der Waals surface area contributed by atoms with Gasteiger partial charge in [0.25, 0.3) is 0 Å². The molecule has 3 rings (SSSR count). The van der Waals surface area contributed by atoms with Gasteiger partial charge in [0, 0.05) is 26.9 Å². The molecule has 0 aromatic heterocycles. The van der Waals surface area contributed by atoms with Crippen molar-refractivity contribution in [2.45, 2.75) is 113 Å². The fourth-order valence-corrected chi connectivity index (χ4v) is 9.72. The molecule has 0 saturated heterocycles. The lowest BCUT2D eigenvalue weighted by Gasteiger charge is -2.47. The van der Waals surface area contributed by atoms with Crippen LogP contribution in [0.25, 0.3) is 0 Å². The number of benzene rings is 2. The van der Waals surface area contributed by atoms with E-state index in [0.717, 1.165) is 21.8 Å². The Bertz CT molecular complexity index is 1200. The minimum atomic E-state index is -2.17. The van der Waals surface area contributed by atoms with Crippen LogP contribution >= 0.6 is 0 Å². The zero-order chi connectivity index (χ0) is 29.9. The first-order valence-corrected chi connectivity index (χ1v) is 22.7. The summed E-state index contributed by atoms with van der Waals surface area (Å²) in [6.07, 6.45) is 1.25. The van der Waals surface area contributed by atoms with Crippen LogP contribution in [0.3, 0.4) is 0 Å². The molecular weight excluding hydrogens is 569 g/mol. The van der Waals surface area contributed by atoms with Crippen molar-refractivity contribution in [3.05, 3.63) is 71.6 Å². The van der Waals surface area contributed by atoms with E-state index in [-0.39, 0.29) is 28.2 Å². The van der Waals surface area contributed by atoms with E-state index in [0.29, 0.717) is 12.2 Å². The highest BCUT2D eigenvalue weighted by Gasteiger charge is 2.46. The van der Waals surface area contributed by atoms with E-state index >= 15 is 0 Å². The van der Waals surface area contributed by atoms with Gasteiger partial charge in [-0.1, -0.05) is 83.5 Å². The molecule has 0 spiro atoms. The van der Waals surface area contributed by atoms with Crippen molar-refractivity contribution in [1.29, 1.82) is 0 Å². The molecule has 0 amide bonds. The Hall–Kier alpha value is -1.17. The first-order valence-electron chi connectivity index (χ1n) is 14.4. The van der Waals surface area contributed by atoms with Crippen LogP contribution in [0.2, 0.25) is 36.3 Å². The molecule has 0 bridgehead atoms. The molecular formula is C32H50O4S2Si2. The van der Waals surface area contributed by atoms with Gasteiger partial charge in [0.15, 0.2) is 16.6 Å². The quantitative estimate of drug-likeness (QED) is 0.264. The lowest BCUT2D eigenvalue weighted by Crippen LogP contribution is -2.52. The highest BCUT2D eigenvalue weighted by molar-refractivity contribution is 7.88. The van der Waals surface area contributed by atoms with Gasteiger partial charge >= 0.3 is 0 Å².